The van der Waals surface area contributed by atoms with Gasteiger partial charge in [-0.05, 0) is 6.54 Å². The van der Waals surface area contributed by atoms with Crippen molar-refractivity contribution in [1.82, 2.24) is 5.32 Å². The molecule has 0 unspecified atom stereocenters. The largest absolute Gasteiger partial charge is 0.313 e. The van der Waals surface area contributed by atoms with Crippen LogP contribution < -0.4 is 5.32 Å². The van der Waals surface area contributed by atoms with Crippen LogP contribution in [0.2, 0.25) is 0 Å². The van der Waals surface area contributed by atoms with E-state index in [0.29, 0.717) is 6.54 Å². The second-order valence-corrected chi connectivity index (χ2v) is 2.09. The van der Waals surface area contributed by atoms with Crippen molar-refractivity contribution < 1.29 is 8.42 Å². The monoisotopic (exact) mass is 135 g/mol. The predicted octanol–water partition coefficient (Wildman–Crippen LogP) is -0.723. The fourth-order valence-corrected chi connectivity index (χ4v) is 0.525. The summed E-state index contributed by atoms with van der Waals surface area (Å²) in [7, 11) is -2.00. The molecule has 0 spiro atoms. The Hall–Kier alpha value is -0.350. The summed E-state index contributed by atoms with van der Waals surface area (Å²) in [6.45, 7) is 3.15. The topological polar surface area (TPSA) is 46.2 Å². The zero-order valence-electron chi connectivity index (χ0n) is 4.72. The van der Waals surface area contributed by atoms with Crippen LogP contribution in [0.5, 0.6) is 0 Å². The van der Waals surface area contributed by atoms with Gasteiger partial charge in [0.15, 0.2) is 0 Å². The van der Waals surface area contributed by atoms with Crippen LogP contribution in [0.25, 0.3) is 0 Å². The summed E-state index contributed by atoms with van der Waals surface area (Å²) >= 11 is 0. The Bertz CT molecular complexity index is 151. The lowest BCUT2D eigenvalue weighted by Gasteiger charge is -1.87. The van der Waals surface area contributed by atoms with Crippen molar-refractivity contribution in [2.75, 3.05) is 13.1 Å². The van der Waals surface area contributed by atoms with Crippen molar-refractivity contribution in [2.24, 2.45) is 0 Å². The third-order valence-electron chi connectivity index (χ3n) is 0.614. The number of rotatable bonds is 3. The van der Waals surface area contributed by atoms with Crippen LogP contribution in [0.4, 0.5) is 0 Å². The molecule has 0 amide bonds. The van der Waals surface area contributed by atoms with Crippen LogP contribution in [-0.4, -0.2) is 26.9 Å². The van der Waals surface area contributed by atoms with Gasteiger partial charge in [-0.2, -0.15) is 8.42 Å². The molecule has 1 N–H and O–H groups in total. The molecule has 0 aromatic heterocycles. The van der Waals surface area contributed by atoms with Crippen LogP contribution in [0.1, 0.15) is 6.92 Å². The lowest BCUT2D eigenvalue weighted by Crippen LogP contribution is -2.14. The first-order chi connectivity index (χ1) is 3.77. The molecular weight excluding hydrogens is 126 g/mol. The Morgan fingerprint density at radius 1 is 1.62 bits per heavy atom. The SMILES string of the molecule is CCNCC=S(=O)=O. The average molecular weight is 135 g/mol. The van der Waals surface area contributed by atoms with Crippen LogP contribution in [-0.2, 0) is 10.3 Å². The molecule has 0 aliphatic heterocycles. The van der Waals surface area contributed by atoms with Gasteiger partial charge in [0.1, 0.15) is 0 Å². The quantitative estimate of drug-likeness (QED) is 0.410. The van der Waals surface area contributed by atoms with E-state index in [-0.39, 0.29) is 0 Å². The van der Waals surface area contributed by atoms with E-state index in [4.69, 9.17) is 0 Å². The second-order valence-electron chi connectivity index (χ2n) is 1.23. The normalized spacial score (nSPS) is 8.62. The molecule has 48 valence electrons. The minimum absolute atomic E-state index is 0.437. The van der Waals surface area contributed by atoms with Gasteiger partial charge in [0.25, 0.3) is 0 Å². The lowest BCUT2D eigenvalue weighted by molar-refractivity contribution is 0.627. The fourth-order valence-electron chi connectivity index (χ4n) is 0.271. The molecule has 4 heteroatoms. The maximum absolute atomic E-state index is 9.78. The van der Waals surface area contributed by atoms with Gasteiger partial charge < -0.3 is 5.32 Å². The van der Waals surface area contributed by atoms with Crippen LogP contribution in [0.15, 0.2) is 0 Å². The molecule has 0 radical (unpaired) electrons. The molecule has 0 aliphatic carbocycles. The van der Waals surface area contributed by atoms with Crippen molar-refractivity contribution >= 4 is 15.7 Å². The van der Waals surface area contributed by atoms with E-state index in [9.17, 15) is 8.42 Å². The molecule has 0 aromatic rings. The Morgan fingerprint density at radius 2 is 2.25 bits per heavy atom. The summed E-state index contributed by atoms with van der Waals surface area (Å²) < 4.78 is 19.6. The first kappa shape index (κ1) is 7.65. The lowest BCUT2D eigenvalue weighted by atomic mass is 10.7. The third-order valence-corrected chi connectivity index (χ3v) is 1.05. The molecule has 0 aromatic carbocycles. The molecule has 3 nitrogen and oxygen atoms in total. The van der Waals surface area contributed by atoms with Crippen LogP contribution in [0.3, 0.4) is 0 Å². The zero-order valence-corrected chi connectivity index (χ0v) is 5.53. The van der Waals surface area contributed by atoms with Gasteiger partial charge in [-0.15, -0.1) is 0 Å². The van der Waals surface area contributed by atoms with Crippen molar-refractivity contribution in [2.45, 2.75) is 6.92 Å². The van der Waals surface area contributed by atoms with Crippen molar-refractivity contribution in [3.63, 3.8) is 0 Å². The van der Waals surface area contributed by atoms with E-state index in [1.807, 2.05) is 6.92 Å². The van der Waals surface area contributed by atoms with Gasteiger partial charge in [-0.3, -0.25) is 0 Å². The smallest absolute Gasteiger partial charge is 0.211 e. The molecule has 0 aliphatic rings. The molecule has 0 bridgehead atoms. The maximum Gasteiger partial charge on any atom is 0.211 e. The number of hydrogen-bond acceptors (Lipinski definition) is 3. The van der Waals surface area contributed by atoms with E-state index in [0.717, 1.165) is 6.54 Å². The Labute approximate surface area is 50.2 Å². The first-order valence-electron chi connectivity index (χ1n) is 2.39. The minimum atomic E-state index is -2.00. The summed E-state index contributed by atoms with van der Waals surface area (Å²) in [6, 6.07) is 0. The highest BCUT2D eigenvalue weighted by Crippen LogP contribution is 1.49. The van der Waals surface area contributed by atoms with Gasteiger partial charge in [-0.1, -0.05) is 6.92 Å². The Balaban J connectivity index is 3.31. The van der Waals surface area contributed by atoms with Gasteiger partial charge in [-0.25, -0.2) is 0 Å². The molecule has 0 fully saturated rings. The molecular formula is C4H9NO2S. The summed E-state index contributed by atoms with van der Waals surface area (Å²) in [4.78, 5) is 0. The summed E-state index contributed by atoms with van der Waals surface area (Å²) in [6.07, 6.45) is 0. The van der Waals surface area contributed by atoms with Crippen molar-refractivity contribution in [3.05, 3.63) is 0 Å². The third kappa shape index (κ3) is 5.65. The second kappa shape index (κ2) is 4.80. The highest BCUT2D eigenvalue weighted by Gasteiger charge is 1.73. The first-order valence-corrected chi connectivity index (χ1v) is 3.53. The van der Waals surface area contributed by atoms with Gasteiger partial charge in [0.2, 0.25) is 10.3 Å². The highest BCUT2D eigenvalue weighted by molar-refractivity contribution is 7.71. The van der Waals surface area contributed by atoms with Gasteiger partial charge in [0.05, 0.1) is 0 Å². The van der Waals surface area contributed by atoms with Crippen molar-refractivity contribution in [3.8, 4) is 0 Å². The van der Waals surface area contributed by atoms with E-state index in [2.05, 4.69) is 5.32 Å². The molecule has 0 saturated carbocycles. The van der Waals surface area contributed by atoms with E-state index in [1.165, 1.54) is 5.37 Å². The Morgan fingerprint density at radius 3 is 2.62 bits per heavy atom. The molecule has 0 saturated heterocycles. The summed E-state index contributed by atoms with van der Waals surface area (Å²) in [5.41, 5.74) is 0. The summed E-state index contributed by atoms with van der Waals surface area (Å²) in [5, 5.41) is 4.02. The summed E-state index contributed by atoms with van der Waals surface area (Å²) in [5.74, 6) is 0. The zero-order chi connectivity index (χ0) is 6.41. The molecule has 0 atom stereocenters. The van der Waals surface area contributed by atoms with Gasteiger partial charge >= 0.3 is 0 Å². The van der Waals surface area contributed by atoms with Crippen molar-refractivity contribution in [1.29, 1.82) is 0 Å². The molecule has 0 rings (SSSR count). The number of nitrogens with one attached hydrogen (secondary N) is 1. The molecule has 8 heavy (non-hydrogen) atoms. The van der Waals surface area contributed by atoms with E-state index in [1.54, 1.807) is 0 Å². The maximum atomic E-state index is 9.78. The average Bonchev–Trinajstić information content (AvgIpc) is 1.66. The minimum Gasteiger partial charge on any atom is -0.313 e. The number of hydrogen-bond donors (Lipinski definition) is 1. The standard InChI is InChI=1S/C4H9NO2S/c1-2-5-3-4-8(6)7/h4-5H,2-3H2,1H3. The highest BCUT2D eigenvalue weighted by atomic mass is 32.2. The molecule has 0 heterocycles. The predicted molar refractivity (Wildman–Crippen MR) is 33.5 cm³/mol. The Kier molecular flexibility index (Phi) is 4.59. The van der Waals surface area contributed by atoms with E-state index < -0.39 is 10.3 Å². The fraction of sp³-hybridized carbons (Fsp3) is 0.750. The van der Waals surface area contributed by atoms with Crippen LogP contribution in [0, 0.1) is 0 Å². The van der Waals surface area contributed by atoms with Crippen LogP contribution >= 0.6 is 0 Å². The van der Waals surface area contributed by atoms with E-state index >= 15 is 0 Å². The van der Waals surface area contributed by atoms with Gasteiger partial charge in [0, 0.05) is 11.9 Å².